The van der Waals surface area contributed by atoms with Gasteiger partial charge < -0.3 is 9.84 Å². The van der Waals surface area contributed by atoms with Crippen molar-refractivity contribution >= 4 is 29.9 Å². The highest BCUT2D eigenvalue weighted by atomic mass is 32.2. The summed E-state index contributed by atoms with van der Waals surface area (Å²) in [5, 5.41) is 8.86. The molecule has 0 aromatic rings. The third-order valence-corrected chi connectivity index (χ3v) is 2.49. The maximum atomic E-state index is 11.7. The van der Waals surface area contributed by atoms with Crippen molar-refractivity contribution in [2.24, 2.45) is 4.99 Å². The maximum absolute atomic E-state index is 11.7. The molecule has 1 heterocycles. The molecule has 0 aliphatic carbocycles. The van der Waals surface area contributed by atoms with Gasteiger partial charge in [-0.3, -0.25) is 4.99 Å². The first-order valence-electron chi connectivity index (χ1n) is 4.67. The molecule has 0 saturated heterocycles. The summed E-state index contributed by atoms with van der Waals surface area (Å²) >= 11 is 1.12. The minimum Gasteiger partial charge on any atom is -0.476 e. The second-order valence-electron chi connectivity index (χ2n) is 4.11. The number of rotatable bonds is 2. The van der Waals surface area contributed by atoms with Gasteiger partial charge in [0.15, 0.2) is 5.70 Å². The standard InChI is InChI=1S/C10H13NO4S/c1-10(2,3)15-9(14)7-6(8(12)13)11-4-5-16-7/h4H,5H2,1-3H3,(H,12,13). The number of esters is 1. The van der Waals surface area contributed by atoms with Crippen molar-refractivity contribution in [3.63, 3.8) is 0 Å². The number of hydrogen-bond acceptors (Lipinski definition) is 5. The Morgan fingerprint density at radius 2 is 2.12 bits per heavy atom. The molecular formula is C10H13NO4S. The van der Waals surface area contributed by atoms with E-state index >= 15 is 0 Å². The van der Waals surface area contributed by atoms with E-state index < -0.39 is 17.5 Å². The third-order valence-electron chi connectivity index (χ3n) is 1.52. The van der Waals surface area contributed by atoms with Crippen molar-refractivity contribution < 1.29 is 19.4 Å². The summed E-state index contributed by atoms with van der Waals surface area (Å²) in [7, 11) is 0. The first-order chi connectivity index (χ1) is 7.31. The van der Waals surface area contributed by atoms with Gasteiger partial charge in [0.05, 0.1) is 0 Å². The predicted molar refractivity (Wildman–Crippen MR) is 61.5 cm³/mol. The fraction of sp³-hybridized carbons (Fsp3) is 0.500. The molecule has 0 saturated carbocycles. The number of hydrogen-bond donors (Lipinski definition) is 1. The van der Waals surface area contributed by atoms with E-state index in [0.29, 0.717) is 5.75 Å². The molecule has 0 radical (unpaired) electrons. The van der Waals surface area contributed by atoms with Crippen LogP contribution in [0.4, 0.5) is 0 Å². The number of carboxylic acids is 1. The molecule has 1 aliphatic rings. The van der Waals surface area contributed by atoms with Crippen molar-refractivity contribution in [1.82, 2.24) is 0 Å². The van der Waals surface area contributed by atoms with E-state index in [1.54, 1.807) is 20.8 Å². The van der Waals surface area contributed by atoms with Crippen LogP contribution in [0, 0.1) is 0 Å². The van der Waals surface area contributed by atoms with E-state index in [1.165, 1.54) is 6.21 Å². The topological polar surface area (TPSA) is 76.0 Å². The maximum Gasteiger partial charge on any atom is 0.355 e. The van der Waals surface area contributed by atoms with Crippen LogP contribution in [0.2, 0.25) is 0 Å². The Bertz CT molecular complexity index is 379. The number of ether oxygens (including phenoxy) is 1. The van der Waals surface area contributed by atoms with Gasteiger partial charge in [0.2, 0.25) is 0 Å². The van der Waals surface area contributed by atoms with Gasteiger partial charge >= 0.3 is 11.9 Å². The number of thioether (sulfide) groups is 1. The number of carbonyl (C=O) groups is 2. The highest BCUT2D eigenvalue weighted by Crippen LogP contribution is 2.27. The van der Waals surface area contributed by atoms with Gasteiger partial charge in [-0.25, -0.2) is 9.59 Å². The van der Waals surface area contributed by atoms with Crippen LogP contribution in [0.5, 0.6) is 0 Å². The molecule has 0 fully saturated rings. The van der Waals surface area contributed by atoms with Crippen LogP contribution in [0.15, 0.2) is 15.6 Å². The van der Waals surface area contributed by atoms with Crippen LogP contribution >= 0.6 is 11.8 Å². The van der Waals surface area contributed by atoms with Crippen LogP contribution in [-0.4, -0.2) is 34.6 Å². The molecule has 6 heteroatoms. The average Bonchev–Trinajstić information content (AvgIpc) is 2.15. The SMILES string of the molecule is CC(C)(C)OC(=O)C1=C(C(=O)O)N=CCS1. The molecule has 1 N–H and O–H groups in total. The molecule has 88 valence electrons. The van der Waals surface area contributed by atoms with E-state index in [4.69, 9.17) is 9.84 Å². The molecule has 1 rings (SSSR count). The summed E-state index contributed by atoms with van der Waals surface area (Å²) in [5.41, 5.74) is -0.888. The van der Waals surface area contributed by atoms with Gasteiger partial charge in [0.1, 0.15) is 10.5 Å². The number of carboxylic acid groups (broad SMARTS) is 1. The Morgan fingerprint density at radius 3 is 2.62 bits per heavy atom. The van der Waals surface area contributed by atoms with Crippen molar-refractivity contribution in [3.8, 4) is 0 Å². The lowest BCUT2D eigenvalue weighted by molar-refractivity contribution is -0.149. The zero-order valence-electron chi connectivity index (χ0n) is 9.31. The smallest absolute Gasteiger partial charge is 0.355 e. The second-order valence-corrected chi connectivity index (χ2v) is 5.14. The van der Waals surface area contributed by atoms with Gasteiger partial charge in [-0.2, -0.15) is 0 Å². The molecule has 16 heavy (non-hydrogen) atoms. The summed E-state index contributed by atoms with van der Waals surface area (Å²) < 4.78 is 5.10. The fourth-order valence-electron chi connectivity index (χ4n) is 1.01. The van der Waals surface area contributed by atoms with E-state index in [1.807, 2.05) is 0 Å². The summed E-state index contributed by atoms with van der Waals surface area (Å²) in [6.45, 7) is 5.17. The number of aliphatic imine (C=N–C) groups is 1. The minimum absolute atomic E-state index is 0.0601. The molecular weight excluding hydrogens is 230 g/mol. The molecule has 0 amide bonds. The summed E-state index contributed by atoms with van der Waals surface area (Å²) in [5.74, 6) is -1.37. The van der Waals surface area contributed by atoms with Crippen molar-refractivity contribution in [1.29, 1.82) is 0 Å². The van der Waals surface area contributed by atoms with Crippen molar-refractivity contribution in [2.45, 2.75) is 26.4 Å². The fourth-order valence-corrected chi connectivity index (χ4v) is 1.76. The predicted octanol–water partition coefficient (Wildman–Crippen LogP) is 1.44. The first kappa shape index (κ1) is 12.8. The van der Waals surface area contributed by atoms with Crippen LogP contribution < -0.4 is 0 Å². The van der Waals surface area contributed by atoms with E-state index in [0.717, 1.165) is 11.8 Å². The van der Waals surface area contributed by atoms with Gasteiger partial charge in [0.25, 0.3) is 0 Å². The normalized spacial score (nSPS) is 16.2. The lowest BCUT2D eigenvalue weighted by atomic mass is 10.2. The van der Waals surface area contributed by atoms with Crippen molar-refractivity contribution in [2.75, 3.05) is 5.75 Å². The highest BCUT2D eigenvalue weighted by molar-refractivity contribution is 8.04. The Balaban J connectivity index is 2.96. The van der Waals surface area contributed by atoms with Crippen LogP contribution in [-0.2, 0) is 14.3 Å². The van der Waals surface area contributed by atoms with Gasteiger partial charge in [-0.15, -0.1) is 11.8 Å². The summed E-state index contributed by atoms with van der Waals surface area (Å²) in [6, 6.07) is 0. The molecule has 0 aromatic heterocycles. The molecule has 0 unspecified atom stereocenters. The molecule has 5 nitrogen and oxygen atoms in total. The van der Waals surface area contributed by atoms with E-state index in [-0.39, 0.29) is 10.6 Å². The minimum atomic E-state index is -1.22. The van der Waals surface area contributed by atoms with Crippen LogP contribution in [0.1, 0.15) is 20.8 Å². The van der Waals surface area contributed by atoms with Crippen molar-refractivity contribution in [3.05, 3.63) is 10.6 Å². The zero-order chi connectivity index (χ0) is 12.3. The summed E-state index contributed by atoms with van der Waals surface area (Å²) in [6.07, 6.45) is 1.46. The molecule has 0 atom stereocenters. The van der Waals surface area contributed by atoms with E-state index in [9.17, 15) is 9.59 Å². The monoisotopic (exact) mass is 243 g/mol. The highest BCUT2D eigenvalue weighted by Gasteiger charge is 2.27. The number of carbonyl (C=O) groups excluding carboxylic acids is 1. The lowest BCUT2D eigenvalue weighted by Gasteiger charge is -2.21. The molecule has 0 aromatic carbocycles. The van der Waals surface area contributed by atoms with Gasteiger partial charge in [-0.05, 0) is 20.8 Å². The zero-order valence-corrected chi connectivity index (χ0v) is 10.1. The lowest BCUT2D eigenvalue weighted by Crippen LogP contribution is -2.26. The Kier molecular flexibility index (Phi) is 3.74. The number of nitrogens with zero attached hydrogens (tertiary/aromatic N) is 1. The largest absolute Gasteiger partial charge is 0.476 e. The molecule has 0 bridgehead atoms. The van der Waals surface area contributed by atoms with Crippen LogP contribution in [0.25, 0.3) is 0 Å². The Labute approximate surface area is 97.6 Å². The molecule has 1 aliphatic heterocycles. The first-order valence-corrected chi connectivity index (χ1v) is 5.66. The number of aliphatic carboxylic acids is 1. The van der Waals surface area contributed by atoms with Gasteiger partial charge in [-0.1, -0.05) is 0 Å². The molecule has 0 spiro atoms. The van der Waals surface area contributed by atoms with Gasteiger partial charge in [0, 0.05) is 12.0 Å². The third kappa shape index (κ3) is 3.37. The quantitative estimate of drug-likeness (QED) is 0.743. The second kappa shape index (κ2) is 4.69. The van der Waals surface area contributed by atoms with Crippen LogP contribution in [0.3, 0.4) is 0 Å². The Morgan fingerprint density at radius 1 is 1.50 bits per heavy atom. The average molecular weight is 243 g/mol. The Hall–Kier alpha value is -1.30. The summed E-state index contributed by atoms with van der Waals surface area (Å²) in [4.78, 5) is 26.3. The van der Waals surface area contributed by atoms with E-state index in [2.05, 4.69) is 4.99 Å².